The van der Waals surface area contributed by atoms with Crippen LogP contribution in [0, 0.1) is 0 Å². The van der Waals surface area contributed by atoms with E-state index in [9.17, 15) is 4.79 Å². The molecule has 1 aromatic rings. The van der Waals surface area contributed by atoms with Gasteiger partial charge in [0.2, 0.25) is 11.9 Å². The van der Waals surface area contributed by atoms with Crippen molar-refractivity contribution in [3.8, 4) is 0 Å². The first-order valence-electron chi connectivity index (χ1n) is 4.70. The van der Waals surface area contributed by atoms with E-state index in [1.54, 1.807) is 12.4 Å². The van der Waals surface area contributed by atoms with Gasteiger partial charge in [-0.25, -0.2) is 9.97 Å². The summed E-state index contributed by atoms with van der Waals surface area (Å²) in [5, 5.41) is 5.57. The molecule has 0 aromatic carbocycles. The monoisotopic (exact) mass is 272 g/mol. The maximum atomic E-state index is 11.2. The molecule has 82 valence electrons. The number of aromatic nitrogens is 2. The van der Waals surface area contributed by atoms with Crippen LogP contribution in [-0.4, -0.2) is 29.0 Å². The lowest BCUT2D eigenvalue weighted by Crippen LogP contribution is -2.30. The Balaban J connectivity index is 2.30. The summed E-state index contributed by atoms with van der Waals surface area (Å²) in [5.41, 5.74) is 0. The lowest BCUT2D eigenvalue weighted by Gasteiger charge is -2.04. The van der Waals surface area contributed by atoms with E-state index in [2.05, 4.69) is 36.5 Å². The molecule has 15 heavy (non-hydrogen) atoms. The molecule has 0 spiro atoms. The van der Waals surface area contributed by atoms with Gasteiger partial charge in [-0.15, -0.1) is 0 Å². The summed E-state index contributed by atoms with van der Waals surface area (Å²) in [6, 6.07) is 0. The fourth-order valence-corrected chi connectivity index (χ4v) is 1.09. The number of anilines is 1. The van der Waals surface area contributed by atoms with E-state index in [-0.39, 0.29) is 12.5 Å². The first-order chi connectivity index (χ1) is 7.22. The molecule has 0 aliphatic carbocycles. The third-order valence-electron chi connectivity index (χ3n) is 1.60. The Morgan fingerprint density at radius 1 is 1.47 bits per heavy atom. The Kier molecular flexibility index (Phi) is 5.03. The van der Waals surface area contributed by atoms with Crippen LogP contribution in [0.5, 0.6) is 0 Å². The summed E-state index contributed by atoms with van der Waals surface area (Å²) >= 11 is 3.23. The molecule has 0 aliphatic heterocycles. The minimum atomic E-state index is -0.0524. The fourth-order valence-electron chi connectivity index (χ4n) is 0.890. The van der Waals surface area contributed by atoms with Crippen molar-refractivity contribution in [3.63, 3.8) is 0 Å². The highest BCUT2D eigenvalue weighted by molar-refractivity contribution is 9.10. The Bertz CT molecular complexity index is 314. The number of nitrogens with zero attached hydrogens (tertiary/aromatic N) is 2. The van der Waals surface area contributed by atoms with E-state index in [0.717, 1.165) is 10.9 Å². The van der Waals surface area contributed by atoms with Gasteiger partial charge in [0.25, 0.3) is 0 Å². The molecule has 1 heterocycles. The van der Waals surface area contributed by atoms with Gasteiger partial charge >= 0.3 is 0 Å². The lowest BCUT2D eigenvalue weighted by molar-refractivity contribution is -0.119. The number of amides is 1. The van der Waals surface area contributed by atoms with Gasteiger partial charge in [-0.2, -0.15) is 0 Å². The second-order valence-electron chi connectivity index (χ2n) is 2.93. The van der Waals surface area contributed by atoms with E-state index < -0.39 is 0 Å². The summed E-state index contributed by atoms with van der Waals surface area (Å²) in [6.07, 6.45) is 4.18. The molecular weight excluding hydrogens is 260 g/mol. The molecule has 5 nitrogen and oxygen atoms in total. The standard InChI is InChI=1S/C9H13BrN4O/c1-2-3-11-8(15)6-14-9-12-4-7(10)5-13-9/h4-5H,2-3,6H2,1H3,(H,11,15)(H,12,13,14). The Morgan fingerprint density at radius 2 is 2.13 bits per heavy atom. The first kappa shape index (κ1) is 11.9. The molecule has 0 unspecified atom stereocenters. The van der Waals surface area contributed by atoms with Gasteiger partial charge in [-0.3, -0.25) is 4.79 Å². The van der Waals surface area contributed by atoms with Crippen molar-refractivity contribution >= 4 is 27.8 Å². The van der Waals surface area contributed by atoms with Crippen LogP contribution in [0.2, 0.25) is 0 Å². The normalized spacial score (nSPS) is 9.73. The highest BCUT2D eigenvalue weighted by atomic mass is 79.9. The highest BCUT2D eigenvalue weighted by Crippen LogP contribution is 2.06. The molecule has 1 aromatic heterocycles. The average Bonchev–Trinajstić information content (AvgIpc) is 2.25. The number of carbonyl (C=O) groups excluding carboxylic acids is 1. The molecule has 1 amide bonds. The molecule has 0 saturated heterocycles. The summed E-state index contributed by atoms with van der Waals surface area (Å²) in [4.78, 5) is 19.2. The van der Waals surface area contributed by atoms with E-state index in [1.807, 2.05) is 6.92 Å². The number of nitrogens with one attached hydrogen (secondary N) is 2. The maximum Gasteiger partial charge on any atom is 0.239 e. The lowest BCUT2D eigenvalue weighted by atomic mass is 10.4. The number of carbonyl (C=O) groups is 1. The van der Waals surface area contributed by atoms with Crippen LogP contribution in [0.15, 0.2) is 16.9 Å². The van der Waals surface area contributed by atoms with Gasteiger partial charge in [0.15, 0.2) is 0 Å². The predicted molar refractivity (Wildman–Crippen MR) is 61.5 cm³/mol. The second kappa shape index (κ2) is 6.34. The highest BCUT2D eigenvalue weighted by Gasteiger charge is 2.00. The quantitative estimate of drug-likeness (QED) is 0.845. The first-order valence-corrected chi connectivity index (χ1v) is 5.49. The van der Waals surface area contributed by atoms with E-state index in [0.29, 0.717) is 12.5 Å². The van der Waals surface area contributed by atoms with Crippen molar-refractivity contribution in [2.75, 3.05) is 18.4 Å². The molecule has 0 atom stereocenters. The molecule has 2 N–H and O–H groups in total. The minimum Gasteiger partial charge on any atom is -0.355 e. The summed E-state index contributed by atoms with van der Waals surface area (Å²) in [5.74, 6) is 0.396. The maximum absolute atomic E-state index is 11.2. The van der Waals surface area contributed by atoms with Crippen molar-refractivity contribution in [2.45, 2.75) is 13.3 Å². The molecule has 0 saturated carbocycles. The zero-order valence-corrected chi connectivity index (χ0v) is 10.0. The van der Waals surface area contributed by atoms with Crippen molar-refractivity contribution in [1.29, 1.82) is 0 Å². The number of hydrogen-bond donors (Lipinski definition) is 2. The van der Waals surface area contributed by atoms with Gasteiger partial charge in [0.05, 0.1) is 11.0 Å². The number of halogens is 1. The Hall–Kier alpha value is -1.17. The minimum absolute atomic E-state index is 0.0524. The summed E-state index contributed by atoms with van der Waals surface area (Å²) in [7, 11) is 0. The SMILES string of the molecule is CCCNC(=O)CNc1ncc(Br)cn1. The molecule has 0 bridgehead atoms. The van der Waals surface area contributed by atoms with Crippen LogP contribution in [0.25, 0.3) is 0 Å². The molecule has 0 fully saturated rings. The zero-order chi connectivity index (χ0) is 11.1. The zero-order valence-electron chi connectivity index (χ0n) is 8.46. The third kappa shape index (κ3) is 4.73. The third-order valence-corrected chi connectivity index (χ3v) is 2.01. The largest absolute Gasteiger partial charge is 0.355 e. The predicted octanol–water partition coefficient (Wildman–Crippen LogP) is 1.18. The second-order valence-corrected chi connectivity index (χ2v) is 3.84. The number of hydrogen-bond acceptors (Lipinski definition) is 4. The van der Waals surface area contributed by atoms with Crippen molar-refractivity contribution < 1.29 is 4.79 Å². The van der Waals surface area contributed by atoms with Gasteiger partial charge in [-0.05, 0) is 22.4 Å². The summed E-state index contributed by atoms with van der Waals surface area (Å²) < 4.78 is 0.809. The van der Waals surface area contributed by atoms with Gasteiger partial charge in [0.1, 0.15) is 0 Å². The number of rotatable bonds is 5. The van der Waals surface area contributed by atoms with E-state index in [1.165, 1.54) is 0 Å². The van der Waals surface area contributed by atoms with Gasteiger partial charge in [0, 0.05) is 18.9 Å². The fraction of sp³-hybridized carbons (Fsp3) is 0.444. The van der Waals surface area contributed by atoms with Crippen LogP contribution < -0.4 is 10.6 Å². The molecule has 1 rings (SSSR count). The van der Waals surface area contributed by atoms with Crippen molar-refractivity contribution in [2.24, 2.45) is 0 Å². The van der Waals surface area contributed by atoms with E-state index in [4.69, 9.17) is 0 Å². The van der Waals surface area contributed by atoms with Crippen LogP contribution >= 0.6 is 15.9 Å². The average molecular weight is 273 g/mol. The Morgan fingerprint density at radius 3 is 2.73 bits per heavy atom. The molecule has 0 aliphatic rings. The molecule has 6 heteroatoms. The molecular formula is C9H13BrN4O. The Labute approximate surface area is 96.8 Å². The van der Waals surface area contributed by atoms with Crippen LogP contribution in [0.4, 0.5) is 5.95 Å². The van der Waals surface area contributed by atoms with Crippen molar-refractivity contribution in [3.05, 3.63) is 16.9 Å². The van der Waals surface area contributed by atoms with Crippen LogP contribution in [-0.2, 0) is 4.79 Å². The smallest absolute Gasteiger partial charge is 0.239 e. The van der Waals surface area contributed by atoms with Crippen LogP contribution in [0.3, 0.4) is 0 Å². The summed E-state index contributed by atoms with van der Waals surface area (Å²) in [6.45, 7) is 2.90. The van der Waals surface area contributed by atoms with Gasteiger partial charge < -0.3 is 10.6 Å². The van der Waals surface area contributed by atoms with E-state index >= 15 is 0 Å². The van der Waals surface area contributed by atoms with Gasteiger partial charge in [-0.1, -0.05) is 6.92 Å². The van der Waals surface area contributed by atoms with Crippen molar-refractivity contribution in [1.82, 2.24) is 15.3 Å². The van der Waals surface area contributed by atoms with Crippen LogP contribution in [0.1, 0.15) is 13.3 Å². The topological polar surface area (TPSA) is 66.9 Å². The molecule has 0 radical (unpaired) electrons.